The highest BCUT2D eigenvalue weighted by Crippen LogP contribution is 2.29. The molecule has 1 aromatic heterocycles. The van der Waals surface area contributed by atoms with Crippen LogP contribution in [0.25, 0.3) is 22.0 Å². The SMILES string of the molecule is Cc1ccc(-c2ccc(SC(CCn3nnc4c(C)cccc4c3=O)C(=O)O)cc2)cc1. The van der Waals surface area contributed by atoms with Crippen molar-refractivity contribution in [2.45, 2.75) is 37.0 Å². The van der Waals surface area contributed by atoms with E-state index in [4.69, 9.17) is 0 Å². The molecule has 0 radical (unpaired) electrons. The molecular weight excluding hydrogens is 422 g/mol. The van der Waals surface area contributed by atoms with Crippen LogP contribution in [0.1, 0.15) is 17.5 Å². The molecular formula is C25H23N3O3S. The van der Waals surface area contributed by atoms with Crippen LogP contribution < -0.4 is 5.56 Å². The molecule has 1 atom stereocenters. The number of hydrogen-bond acceptors (Lipinski definition) is 5. The Balaban J connectivity index is 1.47. The van der Waals surface area contributed by atoms with Gasteiger partial charge in [-0.05, 0) is 55.2 Å². The van der Waals surface area contributed by atoms with E-state index in [-0.39, 0.29) is 18.5 Å². The summed E-state index contributed by atoms with van der Waals surface area (Å²) in [6.45, 7) is 4.11. The summed E-state index contributed by atoms with van der Waals surface area (Å²) in [5, 5.41) is 17.6. The Bertz CT molecular complexity index is 1320. The number of thioether (sulfide) groups is 1. The van der Waals surface area contributed by atoms with Crippen molar-refractivity contribution in [2.24, 2.45) is 0 Å². The number of nitrogens with zero attached hydrogens (tertiary/aromatic N) is 3. The first-order valence-corrected chi connectivity index (χ1v) is 11.2. The molecule has 0 aliphatic rings. The lowest BCUT2D eigenvalue weighted by Gasteiger charge is -2.13. The fourth-order valence-corrected chi connectivity index (χ4v) is 4.44. The monoisotopic (exact) mass is 445 g/mol. The van der Waals surface area contributed by atoms with Crippen LogP contribution >= 0.6 is 11.8 Å². The zero-order valence-corrected chi connectivity index (χ0v) is 18.7. The van der Waals surface area contributed by atoms with Gasteiger partial charge < -0.3 is 5.11 Å². The molecule has 0 amide bonds. The molecule has 4 rings (SSSR count). The van der Waals surface area contributed by atoms with Gasteiger partial charge in [-0.1, -0.05) is 59.3 Å². The minimum absolute atomic E-state index is 0.182. The van der Waals surface area contributed by atoms with Crippen LogP contribution in [0.3, 0.4) is 0 Å². The van der Waals surface area contributed by atoms with E-state index < -0.39 is 11.2 Å². The maximum absolute atomic E-state index is 12.7. The quantitative estimate of drug-likeness (QED) is 0.415. The number of carboxylic acid groups (broad SMARTS) is 1. The lowest BCUT2D eigenvalue weighted by molar-refractivity contribution is -0.136. The first kappa shape index (κ1) is 21.8. The van der Waals surface area contributed by atoms with Gasteiger partial charge in [-0.25, -0.2) is 4.68 Å². The lowest BCUT2D eigenvalue weighted by atomic mass is 10.0. The summed E-state index contributed by atoms with van der Waals surface area (Å²) in [5.74, 6) is -0.921. The minimum Gasteiger partial charge on any atom is -0.480 e. The van der Waals surface area contributed by atoms with E-state index in [1.54, 1.807) is 12.1 Å². The molecule has 162 valence electrons. The first-order valence-electron chi connectivity index (χ1n) is 10.3. The Morgan fingerprint density at radius 1 is 1.00 bits per heavy atom. The number of aryl methyl sites for hydroxylation is 3. The highest BCUT2D eigenvalue weighted by Gasteiger charge is 2.20. The standard InChI is InChI=1S/C25H23N3O3S/c1-16-6-8-18(9-7-16)19-10-12-20(13-11-19)32-22(25(30)31)14-15-28-24(29)21-5-3-4-17(2)23(21)26-27-28/h3-13,22H,14-15H2,1-2H3,(H,30,31). The Hall–Kier alpha value is -3.45. The fourth-order valence-electron chi connectivity index (χ4n) is 3.50. The second-order valence-electron chi connectivity index (χ2n) is 7.71. The van der Waals surface area contributed by atoms with Crippen LogP contribution in [0.15, 0.2) is 76.4 Å². The third-order valence-corrected chi connectivity index (χ3v) is 6.62. The summed E-state index contributed by atoms with van der Waals surface area (Å²) in [5.41, 5.74) is 4.60. The predicted molar refractivity (Wildman–Crippen MR) is 127 cm³/mol. The van der Waals surface area contributed by atoms with Gasteiger partial charge in [-0.2, -0.15) is 0 Å². The van der Waals surface area contributed by atoms with Crippen LogP contribution in [0.2, 0.25) is 0 Å². The predicted octanol–water partition coefficient (Wildman–Crippen LogP) is 4.71. The van der Waals surface area contributed by atoms with Crippen molar-refractivity contribution in [3.63, 3.8) is 0 Å². The molecule has 0 fully saturated rings. The maximum atomic E-state index is 12.7. The summed E-state index contributed by atoms with van der Waals surface area (Å²) in [7, 11) is 0. The average molecular weight is 446 g/mol. The summed E-state index contributed by atoms with van der Waals surface area (Å²) >= 11 is 1.27. The summed E-state index contributed by atoms with van der Waals surface area (Å²) < 4.78 is 1.25. The molecule has 6 nitrogen and oxygen atoms in total. The van der Waals surface area contributed by atoms with Gasteiger partial charge in [0.15, 0.2) is 0 Å². The van der Waals surface area contributed by atoms with Crippen molar-refractivity contribution < 1.29 is 9.90 Å². The zero-order chi connectivity index (χ0) is 22.7. The second kappa shape index (κ2) is 9.36. The third kappa shape index (κ3) is 4.73. The van der Waals surface area contributed by atoms with Crippen LogP contribution in [0.4, 0.5) is 0 Å². The molecule has 0 saturated carbocycles. The highest BCUT2D eigenvalue weighted by molar-refractivity contribution is 8.00. The van der Waals surface area contributed by atoms with Gasteiger partial charge in [-0.3, -0.25) is 9.59 Å². The largest absolute Gasteiger partial charge is 0.480 e. The Morgan fingerprint density at radius 3 is 2.31 bits per heavy atom. The van der Waals surface area contributed by atoms with Gasteiger partial charge in [0.2, 0.25) is 0 Å². The Labute approximate surface area is 189 Å². The van der Waals surface area contributed by atoms with Gasteiger partial charge in [0, 0.05) is 11.4 Å². The molecule has 32 heavy (non-hydrogen) atoms. The van der Waals surface area contributed by atoms with Gasteiger partial charge in [0.1, 0.15) is 10.8 Å². The molecule has 7 heteroatoms. The number of benzene rings is 3. The van der Waals surface area contributed by atoms with E-state index in [0.717, 1.165) is 21.6 Å². The molecule has 0 spiro atoms. The topological polar surface area (TPSA) is 85.1 Å². The number of aromatic nitrogens is 3. The van der Waals surface area contributed by atoms with Gasteiger partial charge in [0.05, 0.1) is 5.39 Å². The zero-order valence-electron chi connectivity index (χ0n) is 17.9. The average Bonchev–Trinajstić information content (AvgIpc) is 2.79. The number of carbonyl (C=O) groups is 1. The molecule has 0 aliphatic carbocycles. The Morgan fingerprint density at radius 2 is 1.66 bits per heavy atom. The van der Waals surface area contributed by atoms with Crippen molar-refractivity contribution in [1.29, 1.82) is 0 Å². The highest BCUT2D eigenvalue weighted by atomic mass is 32.2. The smallest absolute Gasteiger partial charge is 0.317 e. The number of aliphatic carboxylic acids is 1. The summed E-state index contributed by atoms with van der Waals surface area (Å²) in [4.78, 5) is 25.4. The van der Waals surface area contributed by atoms with Crippen molar-refractivity contribution >= 4 is 28.6 Å². The van der Waals surface area contributed by atoms with Crippen LogP contribution in [0, 0.1) is 13.8 Å². The second-order valence-corrected chi connectivity index (χ2v) is 8.99. The van der Waals surface area contributed by atoms with Gasteiger partial charge >= 0.3 is 5.97 Å². The van der Waals surface area contributed by atoms with E-state index in [1.165, 1.54) is 22.0 Å². The van der Waals surface area contributed by atoms with Gasteiger partial charge in [0.25, 0.3) is 5.56 Å². The molecule has 0 bridgehead atoms. The number of fused-ring (bicyclic) bond motifs is 1. The molecule has 1 unspecified atom stereocenters. The van der Waals surface area contributed by atoms with E-state index >= 15 is 0 Å². The van der Waals surface area contributed by atoms with Crippen molar-refractivity contribution in [1.82, 2.24) is 15.0 Å². The first-order chi connectivity index (χ1) is 15.4. The fraction of sp³-hybridized carbons (Fsp3) is 0.200. The number of hydrogen-bond donors (Lipinski definition) is 1. The summed E-state index contributed by atoms with van der Waals surface area (Å²) in [6.07, 6.45) is 0.256. The van der Waals surface area contributed by atoms with Crippen molar-refractivity contribution in [3.8, 4) is 11.1 Å². The molecule has 1 heterocycles. The number of carboxylic acids is 1. The van der Waals surface area contributed by atoms with E-state index in [0.29, 0.717) is 10.9 Å². The van der Waals surface area contributed by atoms with Crippen molar-refractivity contribution in [2.75, 3.05) is 0 Å². The third-order valence-electron chi connectivity index (χ3n) is 5.35. The lowest BCUT2D eigenvalue weighted by Crippen LogP contribution is -2.27. The minimum atomic E-state index is -0.921. The van der Waals surface area contributed by atoms with E-state index in [9.17, 15) is 14.7 Å². The molecule has 4 aromatic rings. The van der Waals surface area contributed by atoms with Crippen LogP contribution in [-0.2, 0) is 11.3 Å². The summed E-state index contributed by atoms with van der Waals surface area (Å²) in [6, 6.07) is 21.5. The maximum Gasteiger partial charge on any atom is 0.317 e. The van der Waals surface area contributed by atoms with Gasteiger partial charge in [-0.15, -0.1) is 16.9 Å². The van der Waals surface area contributed by atoms with E-state index in [2.05, 4.69) is 34.6 Å². The molecule has 3 aromatic carbocycles. The number of rotatable bonds is 7. The molecule has 0 aliphatic heterocycles. The Kier molecular flexibility index (Phi) is 6.37. The van der Waals surface area contributed by atoms with E-state index in [1.807, 2.05) is 44.2 Å². The molecule has 1 N–H and O–H groups in total. The van der Waals surface area contributed by atoms with Crippen LogP contribution in [0.5, 0.6) is 0 Å². The normalized spacial score (nSPS) is 12.1. The van der Waals surface area contributed by atoms with Crippen LogP contribution in [-0.4, -0.2) is 31.3 Å². The molecule has 0 saturated heterocycles. The van der Waals surface area contributed by atoms with Crippen molar-refractivity contribution in [3.05, 3.63) is 88.2 Å².